The van der Waals surface area contributed by atoms with E-state index < -0.39 is 97.5 Å². The van der Waals surface area contributed by atoms with E-state index in [1.165, 1.54) is 173 Å². The lowest BCUT2D eigenvalue weighted by atomic mass is 10.0. The molecule has 0 fully saturated rings. The molecule has 0 radical (unpaired) electrons. The summed E-state index contributed by atoms with van der Waals surface area (Å²) in [5, 5.41) is 10.6. The molecule has 17 nitrogen and oxygen atoms in total. The fourth-order valence-corrected chi connectivity index (χ4v) is 12.8. The SMILES string of the molecule is CC(C)CCCCCCCCCCCCCCCCCCC(=O)O[C@H](COC(=O)CCCCCCCCCCCCCC(C)C)COP(=O)(O)OCC(O)COP(=O)(O)OC[C@@H](COC(=O)CCCCCCCCCCC(C)C)OC(=O)CCCCCCCCC(C)C. The van der Waals surface area contributed by atoms with Crippen molar-refractivity contribution in [1.82, 2.24) is 0 Å². The van der Waals surface area contributed by atoms with Crippen LogP contribution in [-0.4, -0.2) is 96.7 Å². The summed E-state index contributed by atoms with van der Waals surface area (Å²) in [7, 11) is -9.91. The number of ether oxygens (including phenoxy) is 4. The Morgan fingerprint density at radius 2 is 0.452 bits per heavy atom. The number of phosphoric acid groups is 2. The minimum atomic E-state index is -4.96. The molecule has 0 aromatic carbocycles. The molecule has 0 rings (SSSR count). The van der Waals surface area contributed by atoms with Crippen molar-refractivity contribution in [2.75, 3.05) is 39.6 Å². The summed E-state index contributed by atoms with van der Waals surface area (Å²) in [5.41, 5.74) is 0. The molecule has 3 N–H and O–H groups in total. The minimum absolute atomic E-state index is 0.101. The molecule has 0 aromatic heterocycles. The number of aliphatic hydroxyl groups excluding tert-OH is 1. The first-order valence-electron chi connectivity index (χ1n) is 38.2. The average Bonchev–Trinajstić information content (AvgIpc) is 2.09. The van der Waals surface area contributed by atoms with Crippen LogP contribution in [-0.2, 0) is 65.4 Å². The molecule has 0 saturated carbocycles. The zero-order valence-electron chi connectivity index (χ0n) is 60.9. The van der Waals surface area contributed by atoms with E-state index in [1.54, 1.807) is 0 Å². The van der Waals surface area contributed by atoms with Crippen LogP contribution in [0.2, 0.25) is 0 Å². The van der Waals surface area contributed by atoms with Gasteiger partial charge in [0.2, 0.25) is 0 Å². The predicted molar refractivity (Wildman–Crippen MR) is 377 cm³/mol. The molecule has 0 saturated heterocycles. The number of carbonyl (C=O) groups is 4. The Balaban J connectivity index is 5.21. The van der Waals surface area contributed by atoms with Gasteiger partial charge in [-0.25, -0.2) is 9.13 Å². The Bertz CT molecular complexity index is 1830. The van der Waals surface area contributed by atoms with Crippen LogP contribution in [0.1, 0.15) is 370 Å². The van der Waals surface area contributed by atoms with Crippen LogP contribution in [0.25, 0.3) is 0 Å². The lowest BCUT2D eigenvalue weighted by molar-refractivity contribution is -0.161. The van der Waals surface area contributed by atoms with Gasteiger partial charge in [-0.3, -0.25) is 37.3 Å². The fraction of sp³-hybridized carbons (Fsp3) is 0.946. The highest BCUT2D eigenvalue weighted by Crippen LogP contribution is 2.45. The Kier molecular flexibility index (Phi) is 62.2. The van der Waals surface area contributed by atoms with Gasteiger partial charge in [0.15, 0.2) is 12.2 Å². The summed E-state index contributed by atoms with van der Waals surface area (Å²) in [5.74, 6) is 0.848. The number of unbranched alkanes of at least 4 members (excludes halogenated alkanes) is 37. The molecule has 0 spiro atoms. The molecule has 0 bridgehead atoms. The average molecular weight is 1370 g/mol. The van der Waals surface area contributed by atoms with Crippen LogP contribution in [0, 0.1) is 23.7 Å². The molecule has 0 aromatic rings. The predicted octanol–water partition coefficient (Wildman–Crippen LogP) is 21.3. The van der Waals surface area contributed by atoms with Crippen LogP contribution < -0.4 is 0 Å². The first kappa shape index (κ1) is 91.1. The number of hydrogen-bond donors (Lipinski definition) is 3. The van der Waals surface area contributed by atoms with E-state index in [1.807, 2.05) is 0 Å². The van der Waals surface area contributed by atoms with Gasteiger partial charge in [-0.2, -0.15) is 0 Å². The monoisotopic (exact) mass is 1370 g/mol. The van der Waals surface area contributed by atoms with Crippen LogP contribution >= 0.6 is 15.6 Å². The number of carbonyl (C=O) groups excluding carboxylic acids is 4. The first-order valence-corrected chi connectivity index (χ1v) is 41.2. The second-order valence-electron chi connectivity index (χ2n) is 28.6. The zero-order valence-corrected chi connectivity index (χ0v) is 62.7. The van der Waals surface area contributed by atoms with Crippen LogP contribution in [0.15, 0.2) is 0 Å². The Labute approximate surface area is 568 Å². The normalized spacial score (nSPS) is 14.2. The van der Waals surface area contributed by atoms with Crippen molar-refractivity contribution in [2.24, 2.45) is 23.7 Å². The van der Waals surface area contributed by atoms with Gasteiger partial charge in [0.1, 0.15) is 19.3 Å². The largest absolute Gasteiger partial charge is 0.472 e. The first-order chi connectivity index (χ1) is 44.6. The van der Waals surface area contributed by atoms with Crippen molar-refractivity contribution >= 4 is 39.5 Å². The lowest BCUT2D eigenvalue weighted by Crippen LogP contribution is -2.30. The van der Waals surface area contributed by atoms with E-state index in [0.29, 0.717) is 31.6 Å². The molecule has 5 atom stereocenters. The summed E-state index contributed by atoms with van der Waals surface area (Å²) < 4.78 is 68.4. The second-order valence-corrected chi connectivity index (χ2v) is 31.5. The van der Waals surface area contributed by atoms with E-state index in [4.69, 9.17) is 37.0 Å². The molecule has 0 amide bonds. The number of rotatable bonds is 71. The van der Waals surface area contributed by atoms with Crippen molar-refractivity contribution in [1.29, 1.82) is 0 Å². The molecule has 0 aliphatic rings. The van der Waals surface area contributed by atoms with Gasteiger partial charge in [-0.15, -0.1) is 0 Å². The lowest BCUT2D eigenvalue weighted by Gasteiger charge is -2.21. The van der Waals surface area contributed by atoms with Gasteiger partial charge in [0, 0.05) is 25.7 Å². The highest BCUT2D eigenvalue weighted by atomic mass is 31.2. The smallest absolute Gasteiger partial charge is 0.462 e. The molecule has 552 valence electrons. The summed E-state index contributed by atoms with van der Waals surface area (Å²) in [6, 6.07) is 0. The summed E-state index contributed by atoms with van der Waals surface area (Å²) in [4.78, 5) is 72.6. The topological polar surface area (TPSA) is 237 Å². The van der Waals surface area contributed by atoms with Crippen molar-refractivity contribution in [2.45, 2.75) is 388 Å². The van der Waals surface area contributed by atoms with Gasteiger partial charge in [0.05, 0.1) is 26.4 Å². The van der Waals surface area contributed by atoms with Gasteiger partial charge < -0.3 is 33.8 Å². The maximum absolute atomic E-state index is 13.1. The number of esters is 4. The maximum Gasteiger partial charge on any atom is 0.472 e. The van der Waals surface area contributed by atoms with Crippen LogP contribution in [0.4, 0.5) is 0 Å². The zero-order chi connectivity index (χ0) is 68.9. The van der Waals surface area contributed by atoms with Gasteiger partial charge in [-0.05, 0) is 49.4 Å². The number of aliphatic hydroxyl groups is 1. The summed E-state index contributed by atoms with van der Waals surface area (Å²) >= 11 is 0. The van der Waals surface area contributed by atoms with Crippen molar-refractivity contribution < 1.29 is 80.2 Å². The van der Waals surface area contributed by atoms with Crippen molar-refractivity contribution in [3.63, 3.8) is 0 Å². The molecule has 0 aliphatic carbocycles. The third kappa shape index (κ3) is 68.4. The van der Waals surface area contributed by atoms with E-state index in [-0.39, 0.29) is 25.7 Å². The van der Waals surface area contributed by atoms with E-state index in [9.17, 15) is 43.2 Å². The molecule has 19 heteroatoms. The second kappa shape index (κ2) is 63.5. The molecule has 0 heterocycles. The quantitative estimate of drug-likeness (QED) is 0.0222. The molecular formula is C74H144O17P2. The van der Waals surface area contributed by atoms with E-state index in [2.05, 4.69) is 55.4 Å². The van der Waals surface area contributed by atoms with Gasteiger partial charge in [-0.1, -0.05) is 319 Å². The molecule has 93 heavy (non-hydrogen) atoms. The van der Waals surface area contributed by atoms with Gasteiger partial charge in [0.25, 0.3) is 0 Å². The summed E-state index contributed by atoms with van der Waals surface area (Å²) in [6.45, 7) is 14.1. The van der Waals surface area contributed by atoms with Crippen molar-refractivity contribution in [3.05, 3.63) is 0 Å². The highest BCUT2D eigenvalue weighted by molar-refractivity contribution is 7.47. The number of hydrogen-bond acceptors (Lipinski definition) is 15. The fourth-order valence-electron chi connectivity index (χ4n) is 11.2. The molecule has 3 unspecified atom stereocenters. The van der Waals surface area contributed by atoms with Crippen LogP contribution in [0.5, 0.6) is 0 Å². The Morgan fingerprint density at radius 3 is 0.667 bits per heavy atom. The van der Waals surface area contributed by atoms with Crippen molar-refractivity contribution in [3.8, 4) is 0 Å². The Morgan fingerprint density at radius 1 is 0.269 bits per heavy atom. The van der Waals surface area contributed by atoms with E-state index >= 15 is 0 Å². The van der Waals surface area contributed by atoms with Crippen LogP contribution in [0.3, 0.4) is 0 Å². The van der Waals surface area contributed by atoms with E-state index in [0.717, 1.165) is 108 Å². The maximum atomic E-state index is 13.1. The number of phosphoric ester groups is 2. The van der Waals surface area contributed by atoms with Gasteiger partial charge >= 0.3 is 39.5 Å². The Hall–Kier alpha value is -1.94. The molecule has 0 aliphatic heterocycles. The highest BCUT2D eigenvalue weighted by Gasteiger charge is 2.30. The third-order valence-corrected chi connectivity index (χ3v) is 19.0. The third-order valence-electron chi connectivity index (χ3n) is 17.1. The minimum Gasteiger partial charge on any atom is -0.462 e. The summed E-state index contributed by atoms with van der Waals surface area (Å²) in [6.07, 6.45) is 47.5. The molecular weight excluding hydrogens is 1220 g/mol. The standard InChI is InChI=1S/C74H144O17P2/c1-64(2)50-42-34-26-20-16-13-11-9-10-12-14-18-23-31-40-48-56-73(78)90-69(60-84-71(76)54-46-38-29-22-19-15-17-21-27-35-43-51-65(3)4)62-88-92(80,81)86-58-68(75)59-87-93(82,83)89-63-70(91-74(79)57-49-41-33-32-37-45-53-67(7)8)61-85-72(77)55-47-39-30-25-24-28-36-44-52-66(5)6/h64-70,75H,9-63H2,1-8H3,(H,80,81)(H,82,83)/t68?,69-,70-/m1/s1.